The number of carbonyl (C=O) groups excluding carboxylic acids is 1. The van der Waals surface area contributed by atoms with Gasteiger partial charge in [0.05, 0.1) is 12.1 Å². The highest BCUT2D eigenvalue weighted by molar-refractivity contribution is 5.83. The summed E-state index contributed by atoms with van der Waals surface area (Å²) in [5, 5.41) is 15.8. The Bertz CT molecular complexity index is 862. The number of benzene rings is 1. The minimum absolute atomic E-state index is 0.0369. The van der Waals surface area contributed by atoms with Gasteiger partial charge in [-0.25, -0.2) is 0 Å². The fraction of sp³-hybridized carbons (Fsp3) is 0.455. The Labute approximate surface area is 160 Å². The smallest absolute Gasteiger partial charge is 0.216 e. The van der Waals surface area contributed by atoms with E-state index in [1.54, 1.807) is 6.20 Å². The number of pyridine rings is 1. The zero-order valence-electron chi connectivity index (χ0n) is 15.8. The lowest BCUT2D eigenvalue weighted by molar-refractivity contribution is -0.126. The van der Waals surface area contributed by atoms with Crippen LogP contribution >= 0.6 is 0 Å². The Morgan fingerprint density at radius 1 is 1.44 bits per heavy atom. The molecule has 27 heavy (non-hydrogen) atoms. The molecule has 5 nitrogen and oxygen atoms in total. The minimum atomic E-state index is -1.17. The van der Waals surface area contributed by atoms with E-state index in [-0.39, 0.29) is 18.5 Å². The van der Waals surface area contributed by atoms with Gasteiger partial charge < -0.3 is 10.4 Å². The van der Waals surface area contributed by atoms with Crippen LogP contribution in [-0.2, 0) is 10.4 Å². The first-order valence-corrected chi connectivity index (χ1v) is 9.70. The summed E-state index contributed by atoms with van der Waals surface area (Å²) >= 11 is 0. The van der Waals surface area contributed by atoms with Gasteiger partial charge in [0.1, 0.15) is 5.60 Å². The number of hydrogen-bond acceptors (Lipinski definition) is 4. The van der Waals surface area contributed by atoms with E-state index >= 15 is 0 Å². The molecule has 3 aliphatic rings. The van der Waals surface area contributed by atoms with Crippen molar-refractivity contribution >= 4 is 16.8 Å². The lowest BCUT2D eigenvalue weighted by Crippen LogP contribution is -2.63. The molecule has 1 aromatic heterocycles. The van der Waals surface area contributed by atoms with E-state index in [4.69, 9.17) is 0 Å². The van der Waals surface area contributed by atoms with Crippen LogP contribution in [0.4, 0.5) is 0 Å². The zero-order valence-corrected chi connectivity index (χ0v) is 15.8. The van der Waals surface area contributed by atoms with Crippen molar-refractivity contribution in [2.75, 3.05) is 19.6 Å². The van der Waals surface area contributed by atoms with Crippen molar-refractivity contribution < 1.29 is 9.90 Å². The van der Waals surface area contributed by atoms with Crippen LogP contribution in [0.15, 0.2) is 49.2 Å². The highest BCUT2D eigenvalue weighted by Gasteiger charge is 2.50. The summed E-state index contributed by atoms with van der Waals surface area (Å²) in [6, 6.07) is 9.74. The van der Waals surface area contributed by atoms with Gasteiger partial charge in [-0.1, -0.05) is 24.3 Å². The molecular formula is C22H27N3O2. The molecule has 3 aliphatic heterocycles. The van der Waals surface area contributed by atoms with Crippen LogP contribution in [0.2, 0.25) is 0 Å². The average Bonchev–Trinajstić information content (AvgIpc) is 2.71. The summed E-state index contributed by atoms with van der Waals surface area (Å²) in [5.74, 6) is 0.885. The molecule has 1 aromatic carbocycles. The van der Waals surface area contributed by atoms with Crippen molar-refractivity contribution in [1.29, 1.82) is 0 Å². The first-order chi connectivity index (χ1) is 13.0. The molecule has 5 atom stereocenters. The van der Waals surface area contributed by atoms with Crippen molar-refractivity contribution in [2.24, 2.45) is 11.8 Å². The first kappa shape index (κ1) is 18.1. The van der Waals surface area contributed by atoms with Gasteiger partial charge in [0, 0.05) is 31.1 Å². The number of rotatable bonds is 5. The summed E-state index contributed by atoms with van der Waals surface area (Å²) in [7, 11) is 0. The Kier molecular flexibility index (Phi) is 4.74. The molecule has 1 amide bonds. The molecule has 2 aromatic rings. The Morgan fingerprint density at radius 2 is 2.26 bits per heavy atom. The van der Waals surface area contributed by atoms with E-state index in [1.807, 2.05) is 30.3 Å². The van der Waals surface area contributed by atoms with E-state index in [0.717, 1.165) is 42.4 Å². The monoisotopic (exact) mass is 365 g/mol. The van der Waals surface area contributed by atoms with Crippen molar-refractivity contribution in [3.63, 3.8) is 0 Å². The maximum atomic E-state index is 12.0. The van der Waals surface area contributed by atoms with Crippen LogP contribution in [0.1, 0.15) is 25.3 Å². The molecule has 0 radical (unpaired) electrons. The van der Waals surface area contributed by atoms with Gasteiger partial charge in [0.2, 0.25) is 5.91 Å². The van der Waals surface area contributed by atoms with Crippen LogP contribution in [0.3, 0.4) is 0 Å². The van der Waals surface area contributed by atoms with Crippen LogP contribution in [0, 0.1) is 11.8 Å². The number of hydrogen-bond donors (Lipinski definition) is 2. The van der Waals surface area contributed by atoms with Gasteiger partial charge in [0.25, 0.3) is 0 Å². The molecule has 5 heteroatoms. The molecule has 0 spiro atoms. The second-order valence-corrected chi connectivity index (χ2v) is 7.90. The van der Waals surface area contributed by atoms with Gasteiger partial charge >= 0.3 is 0 Å². The number of nitrogens with one attached hydrogen (secondary N) is 1. The Morgan fingerprint density at radius 3 is 2.96 bits per heavy atom. The predicted molar refractivity (Wildman–Crippen MR) is 106 cm³/mol. The van der Waals surface area contributed by atoms with Crippen molar-refractivity contribution in [2.45, 2.75) is 31.4 Å². The molecule has 0 aliphatic carbocycles. The summed E-state index contributed by atoms with van der Waals surface area (Å²) in [6.45, 7) is 7.58. The Hall–Kier alpha value is -2.24. The van der Waals surface area contributed by atoms with E-state index < -0.39 is 5.60 Å². The maximum Gasteiger partial charge on any atom is 0.216 e. The molecule has 142 valence electrons. The molecule has 4 heterocycles. The van der Waals surface area contributed by atoms with Gasteiger partial charge in [-0.2, -0.15) is 0 Å². The van der Waals surface area contributed by atoms with Crippen LogP contribution in [-0.4, -0.2) is 46.6 Å². The second-order valence-electron chi connectivity index (χ2n) is 7.90. The number of amides is 1. The first-order valence-electron chi connectivity index (χ1n) is 9.70. The predicted octanol–water partition coefficient (Wildman–Crippen LogP) is 2.45. The summed E-state index contributed by atoms with van der Waals surface area (Å²) in [5.41, 5.74) is 0.532. The topological polar surface area (TPSA) is 65.5 Å². The van der Waals surface area contributed by atoms with Crippen molar-refractivity contribution in [3.05, 3.63) is 54.7 Å². The van der Waals surface area contributed by atoms with Crippen molar-refractivity contribution in [1.82, 2.24) is 15.2 Å². The standard InChI is InChI=1S/C22H27N3O2/c1-3-16-13-25-11-9-17(16)12-21(25)22(27,14-24-15(2)26)19-8-10-23-20-7-5-4-6-18(19)20/h3-8,10,16-17,21,27H,1,9,11-14H2,2H3,(H,24,26)/t16-,17-,21+,22+/m0/s1. The minimum Gasteiger partial charge on any atom is -0.382 e. The lowest BCUT2D eigenvalue weighted by Gasteiger charge is -2.54. The number of fused-ring (bicyclic) bond motifs is 4. The fourth-order valence-corrected chi connectivity index (χ4v) is 4.96. The quantitative estimate of drug-likeness (QED) is 0.799. The molecule has 3 saturated heterocycles. The van der Waals surface area contributed by atoms with Gasteiger partial charge in [-0.15, -0.1) is 6.58 Å². The fourth-order valence-electron chi connectivity index (χ4n) is 4.96. The van der Waals surface area contributed by atoms with Crippen LogP contribution in [0.25, 0.3) is 10.9 Å². The normalized spacial score (nSPS) is 29.3. The van der Waals surface area contributed by atoms with E-state index in [0.29, 0.717) is 11.8 Å². The molecule has 0 saturated carbocycles. The maximum absolute atomic E-state index is 12.0. The summed E-state index contributed by atoms with van der Waals surface area (Å²) < 4.78 is 0. The van der Waals surface area contributed by atoms with Crippen molar-refractivity contribution in [3.8, 4) is 0 Å². The third-order valence-electron chi connectivity index (χ3n) is 6.38. The molecule has 5 rings (SSSR count). The second kappa shape index (κ2) is 7.06. The number of para-hydroxylation sites is 1. The number of nitrogens with zero attached hydrogens (tertiary/aromatic N) is 2. The third kappa shape index (κ3) is 3.15. The number of aromatic nitrogens is 1. The number of aliphatic hydroxyl groups is 1. The van der Waals surface area contributed by atoms with Gasteiger partial charge in [-0.05, 0) is 48.9 Å². The lowest BCUT2D eigenvalue weighted by atomic mass is 9.69. The average molecular weight is 365 g/mol. The number of piperidine rings is 3. The molecule has 2 N–H and O–H groups in total. The van der Waals surface area contributed by atoms with Gasteiger partial charge in [0.15, 0.2) is 0 Å². The van der Waals surface area contributed by atoms with E-state index in [1.165, 1.54) is 6.92 Å². The Balaban J connectivity index is 1.78. The largest absolute Gasteiger partial charge is 0.382 e. The highest BCUT2D eigenvalue weighted by Crippen LogP contribution is 2.44. The van der Waals surface area contributed by atoms with Gasteiger partial charge in [-0.3, -0.25) is 14.7 Å². The number of carbonyl (C=O) groups is 1. The summed E-state index contributed by atoms with van der Waals surface area (Å²) in [6.07, 6.45) is 5.85. The zero-order chi connectivity index (χ0) is 19.0. The SMILES string of the molecule is C=C[C@H]1CN2CC[C@H]1C[C@@H]2[C@@](O)(CNC(C)=O)c1ccnc2ccccc12. The molecular weight excluding hydrogens is 338 g/mol. The van der Waals surface area contributed by atoms with E-state index in [9.17, 15) is 9.90 Å². The molecule has 3 fully saturated rings. The third-order valence-corrected chi connectivity index (χ3v) is 6.38. The highest BCUT2D eigenvalue weighted by atomic mass is 16.3. The molecule has 2 bridgehead atoms. The van der Waals surface area contributed by atoms with Crippen LogP contribution in [0.5, 0.6) is 0 Å². The molecule has 1 unspecified atom stereocenters. The summed E-state index contributed by atoms with van der Waals surface area (Å²) in [4.78, 5) is 18.5. The van der Waals surface area contributed by atoms with Crippen LogP contribution < -0.4 is 5.32 Å². The van der Waals surface area contributed by atoms with E-state index in [2.05, 4.69) is 27.9 Å².